The maximum absolute atomic E-state index is 13.4. The van der Waals surface area contributed by atoms with Crippen molar-refractivity contribution in [2.45, 2.75) is 5.92 Å². The Morgan fingerprint density at radius 3 is 2.30 bits per heavy atom. The summed E-state index contributed by atoms with van der Waals surface area (Å²) >= 11 is 0. The molecular weight excluding hydrogens is 262 g/mol. The Balaban J connectivity index is 2.16. The molecule has 4 nitrogen and oxygen atoms in total. The molecule has 20 heavy (non-hydrogen) atoms. The van der Waals surface area contributed by atoms with Gasteiger partial charge >= 0.3 is 5.92 Å². The van der Waals surface area contributed by atoms with Crippen molar-refractivity contribution in [2.24, 2.45) is 0 Å². The summed E-state index contributed by atoms with van der Waals surface area (Å²) in [5, 5.41) is 7.20. The highest BCUT2D eigenvalue weighted by molar-refractivity contribution is 5.66. The molecule has 2 aromatic heterocycles. The largest absolute Gasteiger partial charge is 0.445 e. The molecule has 0 spiro atoms. The molecule has 100 valence electrons. The average molecular weight is 273 g/mol. The summed E-state index contributed by atoms with van der Waals surface area (Å²) in [6, 6.07) is 10.6. The van der Waals surface area contributed by atoms with E-state index in [9.17, 15) is 8.78 Å². The van der Waals surface area contributed by atoms with E-state index in [4.69, 9.17) is 5.73 Å². The highest BCUT2D eigenvalue weighted by atomic mass is 19.3. The topological polar surface area (TPSA) is 56.2 Å². The maximum atomic E-state index is 13.4. The van der Waals surface area contributed by atoms with Gasteiger partial charge in [-0.05, 0) is 35.4 Å². The van der Waals surface area contributed by atoms with Gasteiger partial charge in [0.1, 0.15) is 6.92 Å². The van der Waals surface area contributed by atoms with Crippen LogP contribution in [0.3, 0.4) is 0 Å². The molecule has 0 unspecified atom stereocenters. The normalized spacial score (nSPS) is 11.9. The van der Waals surface area contributed by atoms with Crippen LogP contribution in [0.25, 0.3) is 16.8 Å². The lowest BCUT2D eigenvalue weighted by atomic mass is 10.1. The van der Waals surface area contributed by atoms with Crippen LogP contribution in [0, 0.1) is 6.92 Å². The molecule has 6 heteroatoms. The molecule has 1 aromatic carbocycles. The number of rotatable bonds is 2. The number of anilines is 1. The molecular formula is C14H11F2N4+. The molecule has 0 fully saturated rings. The van der Waals surface area contributed by atoms with Gasteiger partial charge in [0, 0.05) is 11.9 Å². The quantitative estimate of drug-likeness (QED) is 0.577. The highest BCUT2D eigenvalue weighted by Crippen LogP contribution is 2.27. The van der Waals surface area contributed by atoms with E-state index in [1.807, 2.05) is 12.1 Å². The first kappa shape index (κ1) is 12.4. The number of nitrogen functional groups attached to an aromatic ring is 1. The van der Waals surface area contributed by atoms with E-state index in [0.29, 0.717) is 11.3 Å². The van der Waals surface area contributed by atoms with E-state index >= 15 is 0 Å². The van der Waals surface area contributed by atoms with E-state index in [2.05, 4.69) is 17.1 Å². The van der Waals surface area contributed by atoms with Gasteiger partial charge < -0.3 is 5.73 Å². The van der Waals surface area contributed by atoms with Gasteiger partial charge in [-0.3, -0.25) is 4.40 Å². The van der Waals surface area contributed by atoms with Crippen molar-refractivity contribution < 1.29 is 8.78 Å². The fraction of sp³-hybridized carbons (Fsp3) is 0.0714. The lowest BCUT2D eigenvalue weighted by Gasteiger charge is -2.05. The van der Waals surface area contributed by atoms with Crippen molar-refractivity contribution in [3.05, 3.63) is 55.3 Å². The van der Waals surface area contributed by atoms with Crippen molar-refractivity contribution in [1.29, 1.82) is 0 Å². The minimum Gasteiger partial charge on any atom is -0.399 e. The van der Waals surface area contributed by atoms with Crippen molar-refractivity contribution in [3.8, 4) is 11.1 Å². The minimum atomic E-state index is -3.29. The molecule has 0 aliphatic heterocycles. The summed E-state index contributed by atoms with van der Waals surface area (Å²) < 4.78 is 28.0. The van der Waals surface area contributed by atoms with Crippen LogP contribution in [0.15, 0.2) is 42.6 Å². The summed E-state index contributed by atoms with van der Waals surface area (Å²) in [4.78, 5) is 0. The SMILES string of the molecule is [CH2+]C(F)(F)c1nnc2ccc(-c3ccc(N)cc3)cn12. The van der Waals surface area contributed by atoms with Gasteiger partial charge in [-0.15, -0.1) is 10.2 Å². The van der Waals surface area contributed by atoms with Gasteiger partial charge in [-0.25, -0.2) is 0 Å². The Morgan fingerprint density at radius 2 is 1.65 bits per heavy atom. The number of pyridine rings is 1. The zero-order valence-electron chi connectivity index (χ0n) is 10.4. The van der Waals surface area contributed by atoms with Crippen LogP contribution >= 0.6 is 0 Å². The van der Waals surface area contributed by atoms with Crippen LogP contribution in [0.2, 0.25) is 0 Å². The van der Waals surface area contributed by atoms with E-state index in [1.54, 1.807) is 30.5 Å². The third kappa shape index (κ3) is 2.05. The number of benzene rings is 1. The van der Waals surface area contributed by atoms with E-state index in [-0.39, 0.29) is 0 Å². The summed E-state index contributed by atoms with van der Waals surface area (Å²) in [5.41, 5.74) is 8.25. The number of alkyl halides is 2. The van der Waals surface area contributed by atoms with E-state index in [1.165, 1.54) is 4.40 Å². The average Bonchev–Trinajstić information content (AvgIpc) is 2.82. The first-order valence-electron chi connectivity index (χ1n) is 5.89. The Morgan fingerprint density at radius 1 is 1.00 bits per heavy atom. The van der Waals surface area contributed by atoms with Crippen LogP contribution in [-0.4, -0.2) is 14.6 Å². The number of nitrogens with two attached hydrogens (primary N) is 1. The zero-order chi connectivity index (χ0) is 14.3. The Bertz CT molecular complexity index is 757. The monoisotopic (exact) mass is 273 g/mol. The van der Waals surface area contributed by atoms with Gasteiger partial charge in [0.15, 0.2) is 5.65 Å². The number of nitrogens with zero attached hydrogens (tertiary/aromatic N) is 3. The Labute approximate surface area is 113 Å². The molecule has 0 saturated carbocycles. The fourth-order valence-electron chi connectivity index (χ4n) is 1.99. The molecule has 2 N–H and O–H groups in total. The summed E-state index contributed by atoms with van der Waals surface area (Å²) in [6.45, 7) is 2.80. The van der Waals surface area contributed by atoms with Crippen LogP contribution in [0.5, 0.6) is 0 Å². The Kier molecular flexibility index (Phi) is 2.60. The number of halogens is 2. The second-order valence-electron chi connectivity index (χ2n) is 4.50. The Hall–Kier alpha value is -2.63. The van der Waals surface area contributed by atoms with E-state index < -0.39 is 11.7 Å². The summed E-state index contributed by atoms with van der Waals surface area (Å²) in [5.74, 6) is -3.77. The first-order chi connectivity index (χ1) is 9.45. The van der Waals surface area contributed by atoms with Crippen molar-refractivity contribution >= 4 is 11.3 Å². The van der Waals surface area contributed by atoms with Crippen LogP contribution in [-0.2, 0) is 5.92 Å². The van der Waals surface area contributed by atoms with Crippen LogP contribution < -0.4 is 5.73 Å². The second-order valence-corrected chi connectivity index (χ2v) is 4.50. The summed E-state index contributed by atoms with van der Waals surface area (Å²) in [7, 11) is 0. The predicted octanol–water partition coefficient (Wildman–Crippen LogP) is 2.90. The maximum Gasteiger partial charge on any atom is 0.445 e. The molecule has 3 aromatic rings. The van der Waals surface area contributed by atoms with Gasteiger partial charge in [-0.2, -0.15) is 8.78 Å². The molecule has 0 bridgehead atoms. The van der Waals surface area contributed by atoms with Gasteiger partial charge in [0.2, 0.25) is 0 Å². The number of fused-ring (bicyclic) bond motifs is 1. The lowest BCUT2D eigenvalue weighted by molar-refractivity contribution is 0.0374. The lowest BCUT2D eigenvalue weighted by Crippen LogP contribution is -2.12. The summed E-state index contributed by atoms with van der Waals surface area (Å²) in [6.07, 6.45) is 1.56. The number of hydrogen-bond donors (Lipinski definition) is 1. The van der Waals surface area contributed by atoms with Crippen molar-refractivity contribution in [3.63, 3.8) is 0 Å². The van der Waals surface area contributed by atoms with Gasteiger partial charge in [0.25, 0.3) is 5.82 Å². The molecule has 2 heterocycles. The van der Waals surface area contributed by atoms with Crippen molar-refractivity contribution in [1.82, 2.24) is 14.6 Å². The zero-order valence-corrected chi connectivity index (χ0v) is 10.4. The minimum absolute atomic E-state index is 0.350. The standard InChI is InChI=1S/C14H11F2N4/c1-14(15,16)13-19-18-12-7-4-10(8-20(12)13)9-2-5-11(17)6-3-9/h2-8H,1,17H2/q+1. The van der Waals surface area contributed by atoms with Crippen LogP contribution in [0.4, 0.5) is 14.5 Å². The molecule has 3 rings (SSSR count). The number of hydrogen-bond acceptors (Lipinski definition) is 3. The molecule has 0 atom stereocenters. The molecule has 0 saturated heterocycles. The van der Waals surface area contributed by atoms with E-state index in [0.717, 1.165) is 11.1 Å². The third-order valence-electron chi connectivity index (χ3n) is 2.97. The second kappa shape index (κ2) is 4.19. The molecule has 0 amide bonds. The highest BCUT2D eigenvalue weighted by Gasteiger charge is 2.39. The van der Waals surface area contributed by atoms with Gasteiger partial charge in [-0.1, -0.05) is 12.1 Å². The van der Waals surface area contributed by atoms with Crippen molar-refractivity contribution in [2.75, 3.05) is 5.73 Å². The predicted molar refractivity (Wildman–Crippen MR) is 72.1 cm³/mol. The molecule has 0 radical (unpaired) electrons. The molecule has 0 aliphatic rings. The smallest absolute Gasteiger partial charge is 0.399 e. The fourth-order valence-corrected chi connectivity index (χ4v) is 1.99. The third-order valence-corrected chi connectivity index (χ3v) is 2.97. The van der Waals surface area contributed by atoms with Gasteiger partial charge in [0.05, 0.1) is 0 Å². The number of aromatic nitrogens is 3. The first-order valence-corrected chi connectivity index (χ1v) is 5.89. The van der Waals surface area contributed by atoms with Crippen LogP contribution in [0.1, 0.15) is 5.82 Å². The molecule has 0 aliphatic carbocycles.